The first-order valence-corrected chi connectivity index (χ1v) is 7.06. The second-order valence-corrected chi connectivity index (χ2v) is 6.62. The molecule has 1 aliphatic carbocycles. The third kappa shape index (κ3) is 3.12. The van der Waals surface area contributed by atoms with E-state index in [0.29, 0.717) is 6.04 Å². The molecule has 2 nitrogen and oxygen atoms in total. The quantitative estimate of drug-likeness (QED) is 0.632. The van der Waals surface area contributed by atoms with Crippen molar-refractivity contribution in [1.82, 2.24) is 5.43 Å². The minimum absolute atomic E-state index is 0.234. The molecule has 1 saturated carbocycles. The Bertz CT molecular complexity index is 371. The van der Waals surface area contributed by atoms with Crippen molar-refractivity contribution in [3.05, 3.63) is 35.4 Å². The van der Waals surface area contributed by atoms with Crippen molar-refractivity contribution in [3.63, 3.8) is 0 Å². The van der Waals surface area contributed by atoms with Crippen LogP contribution in [0, 0.1) is 5.92 Å². The summed E-state index contributed by atoms with van der Waals surface area (Å²) in [5.41, 5.74) is 6.01. The van der Waals surface area contributed by atoms with Gasteiger partial charge in [-0.1, -0.05) is 51.5 Å². The van der Waals surface area contributed by atoms with Crippen LogP contribution in [-0.2, 0) is 11.8 Å². The van der Waals surface area contributed by atoms with Crippen LogP contribution >= 0.6 is 0 Å². The minimum atomic E-state index is 0.234. The number of hydrogen-bond acceptors (Lipinski definition) is 2. The number of benzene rings is 1. The van der Waals surface area contributed by atoms with E-state index in [1.54, 1.807) is 0 Å². The molecule has 0 aromatic heterocycles. The molecule has 0 amide bonds. The molecule has 2 rings (SSSR count). The molecule has 0 heterocycles. The minimum Gasteiger partial charge on any atom is -0.271 e. The molecule has 1 unspecified atom stereocenters. The summed E-state index contributed by atoms with van der Waals surface area (Å²) < 4.78 is 0. The molecule has 0 bridgehead atoms. The molecule has 1 fully saturated rings. The highest BCUT2D eigenvalue weighted by Crippen LogP contribution is 2.31. The van der Waals surface area contributed by atoms with E-state index in [2.05, 4.69) is 50.5 Å². The van der Waals surface area contributed by atoms with Gasteiger partial charge in [-0.25, -0.2) is 0 Å². The number of rotatable bonds is 4. The largest absolute Gasteiger partial charge is 0.271 e. The Hall–Kier alpha value is -0.860. The molecule has 1 atom stereocenters. The van der Waals surface area contributed by atoms with Gasteiger partial charge in [-0.05, 0) is 41.7 Å². The highest BCUT2D eigenvalue weighted by atomic mass is 15.2. The lowest BCUT2D eigenvalue weighted by Crippen LogP contribution is -2.44. The number of nitrogens with one attached hydrogen (secondary N) is 1. The van der Waals surface area contributed by atoms with Gasteiger partial charge in [0.05, 0.1) is 0 Å². The van der Waals surface area contributed by atoms with Crippen LogP contribution in [0.5, 0.6) is 0 Å². The van der Waals surface area contributed by atoms with Gasteiger partial charge < -0.3 is 0 Å². The Morgan fingerprint density at radius 2 is 1.83 bits per heavy atom. The van der Waals surface area contributed by atoms with Gasteiger partial charge in [0.15, 0.2) is 0 Å². The molecule has 0 spiro atoms. The fraction of sp³-hybridized carbons (Fsp3) is 0.625. The molecule has 100 valence electrons. The fourth-order valence-electron chi connectivity index (χ4n) is 2.60. The van der Waals surface area contributed by atoms with Crippen LogP contribution in [0.4, 0.5) is 0 Å². The maximum atomic E-state index is 5.68. The van der Waals surface area contributed by atoms with Gasteiger partial charge >= 0.3 is 0 Å². The lowest BCUT2D eigenvalue weighted by atomic mass is 9.77. The van der Waals surface area contributed by atoms with Crippen molar-refractivity contribution >= 4 is 0 Å². The van der Waals surface area contributed by atoms with Gasteiger partial charge in [-0.3, -0.25) is 11.3 Å². The topological polar surface area (TPSA) is 38.0 Å². The second kappa shape index (κ2) is 5.41. The predicted octanol–water partition coefficient (Wildman–Crippen LogP) is 3.16. The molecule has 0 saturated heterocycles. The Balaban J connectivity index is 2.00. The smallest absolute Gasteiger partial charge is 0.0279 e. The highest BCUT2D eigenvalue weighted by molar-refractivity contribution is 5.28. The normalized spacial score (nSPS) is 18.4. The van der Waals surface area contributed by atoms with E-state index < -0.39 is 0 Å². The summed E-state index contributed by atoms with van der Waals surface area (Å²) in [5.74, 6) is 6.46. The van der Waals surface area contributed by atoms with Crippen molar-refractivity contribution in [2.24, 2.45) is 11.8 Å². The van der Waals surface area contributed by atoms with Crippen LogP contribution in [0.3, 0.4) is 0 Å². The summed E-state index contributed by atoms with van der Waals surface area (Å²) >= 11 is 0. The van der Waals surface area contributed by atoms with Crippen molar-refractivity contribution in [2.75, 3.05) is 0 Å². The summed E-state index contributed by atoms with van der Waals surface area (Å²) in [6.45, 7) is 6.75. The van der Waals surface area contributed by atoms with Crippen molar-refractivity contribution in [1.29, 1.82) is 0 Å². The summed E-state index contributed by atoms with van der Waals surface area (Å²) in [5, 5.41) is 0. The van der Waals surface area contributed by atoms with E-state index in [1.807, 2.05) is 0 Å². The predicted molar refractivity (Wildman–Crippen MR) is 77.3 cm³/mol. The average Bonchev–Trinajstić information content (AvgIpc) is 2.25. The SMILES string of the molecule is CC(C)(C)c1ccc(CC(NN)C2CCC2)cc1. The Kier molecular flexibility index (Phi) is 4.08. The maximum absolute atomic E-state index is 5.68. The lowest BCUT2D eigenvalue weighted by Gasteiger charge is -2.33. The Morgan fingerprint density at radius 1 is 1.22 bits per heavy atom. The summed E-state index contributed by atoms with van der Waals surface area (Å²) in [7, 11) is 0. The first kappa shape index (κ1) is 13.6. The zero-order chi connectivity index (χ0) is 13.2. The van der Waals surface area contributed by atoms with Crippen LogP contribution < -0.4 is 11.3 Å². The van der Waals surface area contributed by atoms with Gasteiger partial charge in [0.2, 0.25) is 0 Å². The monoisotopic (exact) mass is 246 g/mol. The van der Waals surface area contributed by atoms with Gasteiger partial charge in [0.25, 0.3) is 0 Å². The summed E-state index contributed by atoms with van der Waals surface area (Å²) in [6.07, 6.45) is 5.07. The fourth-order valence-corrected chi connectivity index (χ4v) is 2.60. The van der Waals surface area contributed by atoms with Crippen LogP contribution in [-0.4, -0.2) is 6.04 Å². The van der Waals surface area contributed by atoms with Crippen molar-refractivity contribution < 1.29 is 0 Å². The average molecular weight is 246 g/mol. The molecule has 1 aliphatic rings. The zero-order valence-electron chi connectivity index (χ0n) is 11.9. The van der Waals surface area contributed by atoms with E-state index in [9.17, 15) is 0 Å². The van der Waals surface area contributed by atoms with Gasteiger partial charge in [-0.15, -0.1) is 0 Å². The molecular formula is C16H26N2. The van der Waals surface area contributed by atoms with Crippen LogP contribution in [0.15, 0.2) is 24.3 Å². The molecule has 1 aromatic rings. The molecule has 0 radical (unpaired) electrons. The second-order valence-electron chi connectivity index (χ2n) is 6.62. The third-order valence-corrected chi connectivity index (χ3v) is 4.21. The van der Waals surface area contributed by atoms with E-state index in [0.717, 1.165) is 12.3 Å². The van der Waals surface area contributed by atoms with E-state index >= 15 is 0 Å². The van der Waals surface area contributed by atoms with Crippen LogP contribution in [0.2, 0.25) is 0 Å². The van der Waals surface area contributed by atoms with E-state index in [-0.39, 0.29) is 5.41 Å². The van der Waals surface area contributed by atoms with Gasteiger partial charge in [-0.2, -0.15) is 0 Å². The summed E-state index contributed by atoms with van der Waals surface area (Å²) in [4.78, 5) is 0. The molecular weight excluding hydrogens is 220 g/mol. The Labute approximate surface area is 111 Å². The summed E-state index contributed by atoms with van der Waals surface area (Å²) in [6, 6.07) is 9.46. The van der Waals surface area contributed by atoms with E-state index in [4.69, 9.17) is 5.84 Å². The van der Waals surface area contributed by atoms with Crippen molar-refractivity contribution in [3.8, 4) is 0 Å². The number of nitrogens with two attached hydrogens (primary N) is 1. The number of hydrazine groups is 1. The molecule has 0 aliphatic heterocycles. The van der Waals surface area contributed by atoms with Gasteiger partial charge in [0, 0.05) is 6.04 Å². The molecule has 1 aromatic carbocycles. The molecule has 2 heteroatoms. The molecule has 3 N–H and O–H groups in total. The first-order chi connectivity index (χ1) is 8.50. The highest BCUT2D eigenvalue weighted by Gasteiger charge is 2.26. The van der Waals surface area contributed by atoms with Crippen LogP contribution in [0.25, 0.3) is 0 Å². The van der Waals surface area contributed by atoms with E-state index in [1.165, 1.54) is 30.4 Å². The van der Waals surface area contributed by atoms with Crippen molar-refractivity contribution in [2.45, 2.75) is 57.9 Å². The molecule has 18 heavy (non-hydrogen) atoms. The standard InChI is InChI=1S/C16H26N2/c1-16(2,3)14-9-7-12(8-10-14)11-15(18-17)13-5-4-6-13/h7-10,13,15,18H,4-6,11,17H2,1-3H3. The maximum Gasteiger partial charge on any atom is 0.0279 e. The Morgan fingerprint density at radius 3 is 2.22 bits per heavy atom. The number of hydrogen-bond donors (Lipinski definition) is 2. The third-order valence-electron chi connectivity index (χ3n) is 4.21. The lowest BCUT2D eigenvalue weighted by molar-refractivity contribution is 0.228. The van der Waals surface area contributed by atoms with Gasteiger partial charge in [0.1, 0.15) is 0 Å². The van der Waals surface area contributed by atoms with Crippen LogP contribution in [0.1, 0.15) is 51.2 Å². The first-order valence-electron chi connectivity index (χ1n) is 7.06. The zero-order valence-corrected chi connectivity index (χ0v) is 11.9.